The Bertz CT molecular complexity index is 1400. The summed E-state index contributed by atoms with van der Waals surface area (Å²) in [7, 11) is 0. The van der Waals surface area contributed by atoms with Crippen LogP contribution in [0.1, 0.15) is 25.3 Å². The molecule has 1 fully saturated rings. The van der Waals surface area contributed by atoms with Gasteiger partial charge in [-0.2, -0.15) is 0 Å². The fourth-order valence-electron chi connectivity index (χ4n) is 4.61. The van der Waals surface area contributed by atoms with Crippen molar-refractivity contribution in [3.63, 3.8) is 0 Å². The average molecular weight is 484 g/mol. The third-order valence-electron chi connectivity index (χ3n) is 6.39. The molecule has 1 N–H and O–H groups in total. The van der Waals surface area contributed by atoms with Gasteiger partial charge in [-0.05, 0) is 61.7 Å². The molecule has 8 heteroatoms. The van der Waals surface area contributed by atoms with Crippen molar-refractivity contribution in [3.05, 3.63) is 88.8 Å². The SMILES string of the molecule is CCOc1ccc(NC(=O)C2CCCN(c3nc4cccnc4n(Cc4ccccc4)c3=O)C2)cc1. The number of rotatable bonds is 7. The van der Waals surface area contributed by atoms with Gasteiger partial charge in [-0.15, -0.1) is 0 Å². The first-order chi connectivity index (χ1) is 17.6. The monoisotopic (exact) mass is 483 g/mol. The lowest BCUT2D eigenvalue weighted by Gasteiger charge is -2.32. The van der Waals surface area contributed by atoms with E-state index in [1.807, 2.05) is 78.6 Å². The summed E-state index contributed by atoms with van der Waals surface area (Å²) in [5.74, 6) is 0.822. The van der Waals surface area contributed by atoms with Crippen LogP contribution in [0.25, 0.3) is 11.2 Å². The van der Waals surface area contributed by atoms with Crippen LogP contribution in [0, 0.1) is 5.92 Å². The van der Waals surface area contributed by atoms with Gasteiger partial charge in [0.05, 0.1) is 19.1 Å². The van der Waals surface area contributed by atoms with Crippen LogP contribution < -0.4 is 20.5 Å². The van der Waals surface area contributed by atoms with Crippen LogP contribution in [-0.2, 0) is 11.3 Å². The summed E-state index contributed by atoms with van der Waals surface area (Å²) in [6.45, 7) is 4.03. The highest BCUT2D eigenvalue weighted by Crippen LogP contribution is 2.24. The highest BCUT2D eigenvalue weighted by atomic mass is 16.5. The molecule has 1 aliphatic rings. The number of nitrogens with zero attached hydrogens (tertiary/aromatic N) is 4. The van der Waals surface area contributed by atoms with Gasteiger partial charge in [-0.3, -0.25) is 14.2 Å². The van der Waals surface area contributed by atoms with Crippen molar-refractivity contribution in [2.45, 2.75) is 26.3 Å². The topological polar surface area (TPSA) is 89.3 Å². The maximum absolute atomic E-state index is 13.6. The molecule has 2 aromatic carbocycles. The number of aromatic nitrogens is 3. The zero-order valence-corrected chi connectivity index (χ0v) is 20.3. The minimum absolute atomic E-state index is 0.0593. The quantitative estimate of drug-likeness (QED) is 0.426. The van der Waals surface area contributed by atoms with E-state index >= 15 is 0 Å². The Balaban J connectivity index is 1.39. The zero-order valence-electron chi connectivity index (χ0n) is 20.3. The van der Waals surface area contributed by atoms with Crippen LogP contribution in [0.3, 0.4) is 0 Å². The van der Waals surface area contributed by atoms with Crippen molar-refractivity contribution in [2.75, 3.05) is 29.9 Å². The van der Waals surface area contributed by atoms with Gasteiger partial charge in [0.15, 0.2) is 11.5 Å². The molecule has 184 valence electrons. The number of carbonyl (C=O) groups is 1. The zero-order chi connectivity index (χ0) is 24.9. The van der Waals surface area contributed by atoms with E-state index < -0.39 is 0 Å². The maximum Gasteiger partial charge on any atom is 0.295 e. The number of pyridine rings is 1. The first-order valence-corrected chi connectivity index (χ1v) is 12.3. The summed E-state index contributed by atoms with van der Waals surface area (Å²) in [5, 5.41) is 3.01. The van der Waals surface area contributed by atoms with Crippen LogP contribution >= 0.6 is 0 Å². The highest BCUT2D eigenvalue weighted by Gasteiger charge is 2.29. The Morgan fingerprint density at radius 1 is 1.08 bits per heavy atom. The van der Waals surface area contributed by atoms with Crippen molar-refractivity contribution >= 4 is 28.6 Å². The average Bonchev–Trinajstić information content (AvgIpc) is 2.92. The molecule has 0 spiro atoms. The van der Waals surface area contributed by atoms with Crippen molar-refractivity contribution < 1.29 is 9.53 Å². The number of amides is 1. The minimum atomic E-state index is -0.251. The van der Waals surface area contributed by atoms with E-state index in [2.05, 4.69) is 10.3 Å². The van der Waals surface area contributed by atoms with Crippen LogP contribution in [0.5, 0.6) is 5.75 Å². The molecule has 1 saturated heterocycles. The largest absolute Gasteiger partial charge is 0.494 e. The molecule has 0 aliphatic carbocycles. The normalized spacial score (nSPS) is 15.6. The molecule has 0 bridgehead atoms. The third kappa shape index (κ3) is 5.07. The van der Waals surface area contributed by atoms with E-state index in [0.717, 1.165) is 29.8 Å². The van der Waals surface area contributed by atoms with Gasteiger partial charge in [0.1, 0.15) is 11.3 Å². The third-order valence-corrected chi connectivity index (χ3v) is 6.39. The fraction of sp³-hybridized carbons (Fsp3) is 0.286. The van der Waals surface area contributed by atoms with Crippen LogP contribution in [0.4, 0.5) is 11.5 Å². The molecule has 3 heterocycles. The number of hydrogen-bond acceptors (Lipinski definition) is 6. The predicted molar refractivity (Wildman–Crippen MR) is 141 cm³/mol. The smallest absolute Gasteiger partial charge is 0.295 e. The van der Waals surface area contributed by atoms with E-state index in [0.29, 0.717) is 43.2 Å². The predicted octanol–water partition coefficient (Wildman–Crippen LogP) is 4.09. The minimum Gasteiger partial charge on any atom is -0.494 e. The van der Waals surface area contributed by atoms with Crippen molar-refractivity contribution in [2.24, 2.45) is 5.92 Å². The molecule has 1 unspecified atom stereocenters. The van der Waals surface area contributed by atoms with Gasteiger partial charge >= 0.3 is 0 Å². The second-order valence-electron chi connectivity index (χ2n) is 8.89. The van der Waals surface area contributed by atoms with E-state index in [1.165, 1.54) is 0 Å². The molecule has 0 radical (unpaired) electrons. The van der Waals surface area contributed by atoms with Gasteiger partial charge in [-0.1, -0.05) is 30.3 Å². The summed E-state index contributed by atoms with van der Waals surface area (Å²) in [6, 6.07) is 20.9. The summed E-state index contributed by atoms with van der Waals surface area (Å²) in [5.41, 5.74) is 2.74. The van der Waals surface area contributed by atoms with Gasteiger partial charge in [0.2, 0.25) is 5.91 Å². The maximum atomic E-state index is 13.6. The number of anilines is 2. The summed E-state index contributed by atoms with van der Waals surface area (Å²) in [6.07, 6.45) is 3.23. The molecule has 1 aliphatic heterocycles. The molecule has 1 amide bonds. The Labute approximate surface area is 209 Å². The van der Waals surface area contributed by atoms with Gasteiger partial charge < -0.3 is 15.0 Å². The lowest BCUT2D eigenvalue weighted by Crippen LogP contribution is -2.44. The molecular weight excluding hydrogens is 454 g/mol. The molecule has 5 rings (SSSR count). The molecule has 4 aromatic rings. The Morgan fingerprint density at radius 3 is 2.67 bits per heavy atom. The van der Waals surface area contributed by atoms with Crippen molar-refractivity contribution in [1.29, 1.82) is 0 Å². The van der Waals surface area contributed by atoms with Crippen LogP contribution in [0.2, 0.25) is 0 Å². The van der Waals surface area contributed by atoms with E-state index in [1.54, 1.807) is 10.8 Å². The van der Waals surface area contributed by atoms with E-state index in [9.17, 15) is 9.59 Å². The Hall–Kier alpha value is -4.20. The number of ether oxygens (including phenoxy) is 1. The molecule has 36 heavy (non-hydrogen) atoms. The fourth-order valence-corrected chi connectivity index (χ4v) is 4.61. The second kappa shape index (κ2) is 10.6. The number of benzene rings is 2. The lowest BCUT2D eigenvalue weighted by atomic mass is 9.97. The number of hydrogen-bond donors (Lipinski definition) is 1. The van der Waals surface area contributed by atoms with Gasteiger partial charge in [-0.25, -0.2) is 9.97 Å². The molecule has 2 aromatic heterocycles. The summed E-state index contributed by atoms with van der Waals surface area (Å²) >= 11 is 0. The van der Waals surface area contributed by atoms with Gasteiger partial charge in [0.25, 0.3) is 5.56 Å². The van der Waals surface area contributed by atoms with Crippen LogP contribution in [0.15, 0.2) is 77.7 Å². The highest BCUT2D eigenvalue weighted by molar-refractivity contribution is 5.93. The summed E-state index contributed by atoms with van der Waals surface area (Å²) in [4.78, 5) is 37.8. The van der Waals surface area contributed by atoms with Crippen LogP contribution in [-0.4, -0.2) is 40.1 Å². The number of fused-ring (bicyclic) bond motifs is 1. The van der Waals surface area contributed by atoms with E-state index in [4.69, 9.17) is 9.72 Å². The first kappa shape index (κ1) is 23.5. The standard InChI is InChI=1S/C28H29N5O3/c1-2-36-23-14-12-22(13-15-23)30-27(34)21-10-7-17-32(19-21)26-28(35)33(18-20-8-4-3-5-9-20)25-24(31-26)11-6-16-29-25/h3-6,8-9,11-16,21H,2,7,10,17-19H2,1H3,(H,30,34). The first-order valence-electron chi connectivity index (χ1n) is 12.3. The second-order valence-corrected chi connectivity index (χ2v) is 8.89. The Morgan fingerprint density at radius 2 is 1.89 bits per heavy atom. The van der Waals surface area contributed by atoms with E-state index in [-0.39, 0.29) is 17.4 Å². The van der Waals surface area contributed by atoms with Gasteiger partial charge in [0, 0.05) is 25.0 Å². The number of carbonyl (C=O) groups excluding carboxylic acids is 1. The Kier molecular flexibility index (Phi) is 6.93. The number of piperidine rings is 1. The molecule has 1 atom stereocenters. The lowest BCUT2D eigenvalue weighted by molar-refractivity contribution is -0.120. The molecule has 0 saturated carbocycles. The molecular formula is C28H29N5O3. The number of nitrogens with one attached hydrogen (secondary N) is 1. The summed E-state index contributed by atoms with van der Waals surface area (Å²) < 4.78 is 7.15. The van der Waals surface area contributed by atoms with Crippen molar-refractivity contribution in [1.82, 2.24) is 14.5 Å². The van der Waals surface area contributed by atoms with Crippen molar-refractivity contribution in [3.8, 4) is 5.75 Å². The molecule has 8 nitrogen and oxygen atoms in total.